The van der Waals surface area contributed by atoms with Crippen molar-refractivity contribution in [3.63, 3.8) is 0 Å². The van der Waals surface area contributed by atoms with Crippen LogP contribution in [0.5, 0.6) is 0 Å². The first-order valence-corrected chi connectivity index (χ1v) is 6.38. The molecule has 0 aromatic carbocycles. The average Bonchev–Trinajstić information content (AvgIpc) is 3.19. The zero-order chi connectivity index (χ0) is 14.6. The second-order valence-electron chi connectivity index (χ2n) is 5.17. The topological polar surface area (TPSA) is 108 Å². The second kappa shape index (κ2) is 5.90. The lowest BCUT2D eigenvalue weighted by Gasteiger charge is -2.30. The van der Waals surface area contributed by atoms with E-state index < -0.39 is 5.41 Å². The van der Waals surface area contributed by atoms with Crippen LogP contribution in [0.25, 0.3) is 0 Å². The first-order valence-electron chi connectivity index (χ1n) is 6.38. The monoisotopic (exact) mass is 270 g/mol. The predicted octanol–water partition coefficient (Wildman–Crippen LogP) is -0.114. The van der Waals surface area contributed by atoms with Gasteiger partial charge in [-0.1, -0.05) is 12.1 Å². The molecule has 0 aliphatic heterocycles. The molecular formula is C12H22N4O3. The summed E-state index contributed by atoms with van der Waals surface area (Å²) in [5.74, 6) is -0.665. The van der Waals surface area contributed by atoms with Gasteiger partial charge >= 0.3 is 0 Å². The quantitative estimate of drug-likeness (QED) is 0.271. The SMILES string of the molecule is CCC(C)(C(=O)N(C)CC(=O)NC1CC1)C(N)=NO. The first kappa shape index (κ1) is 15.3. The number of rotatable bonds is 6. The van der Waals surface area contributed by atoms with Gasteiger partial charge in [-0.3, -0.25) is 9.59 Å². The highest BCUT2D eigenvalue weighted by atomic mass is 16.4. The molecule has 0 radical (unpaired) electrons. The molecule has 0 aromatic rings. The van der Waals surface area contributed by atoms with E-state index in [1.807, 2.05) is 0 Å². The molecule has 1 rings (SSSR count). The number of nitrogens with zero attached hydrogens (tertiary/aromatic N) is 2. The van der Waals surface area contributed by atoms with Gasteiger partial charge in [0.05, 0.1) is 6.54 Å². The number of nitrogens with one attached hydrogen (secondary N) is 1. The maximum Gasteiger partial charge on any atom is 0.239 e. The standard InChI is InChI=1S/C12H22N4O3/c1-4-12(2,10(13)15-19)11(18)16(3)7-9(17)14-8-5-6-8/h8,19H,4-7H2,1-3H3,(H2,13,15)(H,14,17). The molecule has 0 spiro atoms. The smallest absolute Gasteiger partial charge is 0.239 e. The van der Waals surface area contributed by atoms with Crippen LogP contribution in [0.15, 0.2) is 5.16 Å². The van der Waals surface area contributed by atoms with E-state index in [1.54, 1.807) is 13.8 Å². The number of amides is 2. The van der Waals surface area contributed by atoms with Crippen molar-refractivity contribution in [3.8, 4) is 0 Å². The summed E-state index contributed by atoms with van der Waals surface area (Å²) >= 11 is 0. The van der Waals surface area contributed by atoms with Crippen molar-refractivity contribution in [2.24, 2.45) is 16.3 Å². The van der Waals surface area contributed by atoms with Crippen LogP contribution in [0.4, 0.5) is 0 Å². The van der Waals surface area contributed by atoms with Gasteiger partial charge in [-0.05, 0) is 26.2 Å². The van der Waals surface area contributed by atoms with Crippen LogP contribution in [0.1, 0.15) is 33.1 Å². The fourth-order valence-electron chi connectivity index (χ4n) is 1.76. The first-order chi connectivity index (χ1) is 8.85. The number of hydrogen-bond donors (Lipinski definition) is 3. The van der Waals surface area contributed by atoms with E-state index in [0.29, 0.717) is 6.42 Å². The summed E-state index contributed by atoms with van der Waals surface area (Å²) in [5.41, 5.74) is 4.48. The van der Waals surface area contributed by atoms with Crippen molar-refractivity contribution in [2.75, 3.05) is 13.6 Å². The molecule has 108 valence electrons. The van der Waals surface area contributed by atoms with Crippen molar-refractivity contribution >= 4 is 17.6 Å². The van der Waals surface area contributed by atoms with Crippen LogP contribution in [-0.4, -0.2) is 47.4 Å². The summed E-state index contributed by atoms with van der Waals surface area (Å²) in [6.07, 6.45) is 2.39. The number of nitrogens with two attached hydrogens (primary N) is 1. The van der Waals surface area contributed by atoms with Crippen molar-refractivity contribution in [2.45, 2.75) is 39.2 Å². The maximum absolute atomic E-state index is 12.3. The molecule has 0 saturated heterocycles. The number of oxime groups is 1. The summed E-state index contributed by atoms with van der Waals surface area (Å²) in [6.45, 7) is 3.34. The average molecular weight is 270 g/mol. The van der Waals surface area contributed by atoms with Gasteiger partial charge in [0.1, 0.15) is 5.41 Å². The molecule has 7 nitrogen and oxygen atoms in total. The Balaban J connectivity index is 2.65. The van der Waals surface area contributed by atoms with Crippen molar-refractivity contribution < 1.29 is 14.8 Å². The van der Waals surface area contributed by atoms with Crippen LogP contribution >= 0.6 is 0 Å². The number of likely N-dealkylation sites (N-methyl/N-ethyl adjacent to an activating group) is 1. The van der Waals surface area contributed by atoms with E-state index in [4.69, 9.17) is 10.9 Å². The van der Waals surface area contributed by atoms with Gasteiger partial charge in [-0.25, -0.2) is 0 Å². The largest absolute Gasteiger partial charge is 0.409 e. The van der Waals surface area contributed by atoms with Crippen LogP contribution in [0, 0.1) is 5.41 Å². The summed E-state index contributed by atoms with van der Waals surface area (Å²) in [4.78, 5) is 25.3. The molecule has 1 atom stereocenters. The fourth-order valence-corrected chi connectivity index (χ4v) is 1.76. The zero-order valence-corrected chi connectivity index (χ0v) is 11.6. The molecule has 1 saturated carbocycles. The van der Waals surface area contributed by atoms with Crippen molar-refractivity contribution in [1.29, 1.82) is 0 Å². The molecule has 0 bridgehead atoms. The Kier molecular flexibility index (Phi) is 4.74. The highest BCUT2D eigenvalue weighted by molar-refractivity contribution is 6.06. The Morgan fingerprint density at radius 3 is 2.53 bits per heavy atom. The Morgan fingerprint density at radius 1 is 1.53 bits per heavy atom. The molecular weight excluding hydrogens is 248 g/mol. The Hall–Kier alpha value is -1.79. The molecule has 2 amide bonds. The zero-order valence-electron chi connectivity index (χ0n) is 11.6. The molecule has 0 heterocycles. The van der Waals surface area contributed by atoms with Gasteiger partial charge in [0.15, 0.2) is 5.84 Å². The number of carbonyl (C=O) groups is 2. The lowest BCUT2D eigenvalue weighted by Crippen LogP contribution is -2.50. The fraction of sp³-hybridized carbons (Fsp3) is 0.750. The van der Waals surface area contributed by atoms with Crippen LogP contribution < -0.4 is 11.1 Å². The third-order valence-corrected chi connectivity index (χ3v) is 3.52. The van der Waals surface area contributed by atoms with Crippen molar-refractivity contribution in [3.05, 3.63) is 0 Å². The third kappa shape index (κ3) is 3.59. The van der Waals surface area contributed by atoms with E-state index in [1.165, 1.54) is 11.9 Å². The van der Waals surface area contributed by atoms with Gasteiger partial charge in [-0.2, -0.15) is 0 Å². The van der Waals surface area contributed by atoms with Gasteiger partial charge in [-0.15, -0.1) is 0 Å². The lowest BCUT2D eigenvalue weighted by atomic mass is 9.84. The number of amidine groups is 1. The minimum absolute atomic E-state index is 0.0242. The molecule has 19 heavy (non-hydrogen) atoms. The van der Waals surface area contributed by atoms with Crippen LogP contribution in [-0.2, 0) is 9.59 Å². The van der Waals surface area contributed by atoms with E-state index in [9.17, 15) is 9.59 Å². The molecule has 1 aliphatic carbocycles. The lowest BCUT2D eigenvalue weighted by molar-refractivity contribution is -0.140. The second-order valence-corrected chi connectivity index (χ2v) is 5.17. The number of carbonyl (C=O) groups excluding carboxylic acids is 2. The Labute approximate surface area is 112 Å². The molecule has 1 fully saturated rings. The highest BCUT2D eigenvalue weighted by Gasteiger charge is 2.39. The van der Waals surface area contributed by atoms with Gasteiger partial charge in [0.25, 0.3) is 0 Å². The Bertz CT molecular complexity index is 392. The molecule has 1 aliphatic rings. The summed E-state index contributed by atoms with van der Waals surface area (Å²) in [5, 5.41) is 14.5. The van der Waals surface area contributed by atoms with E-state index in [2.05, 4.69) is 10.5 Å². The van der Waals surface area contributed by atoms with Crippen molar-refractivity contribution in [1.82, 2.24) is 10.2 Å². The van der Waals surface area contributed by atoms with Gasteiger partial charge < -0.3 is 21.2 Å². The van der Waals surface area contributed by atoms with E-state index in [-0.39, 0.29) is 30.2 Å². The van der Waals surface area contributed by atoms with Gasteiger partial charge in [0.2, 0.25) is 11.8 Å². The molecule has 4 N–H and O–H groups in total. The number of hydrogen-bond acceptors (Lipinski definition) is 4. The minimum atomic E-state index is -1.09. The Morgan fingerprint density at radius 2 is 2.11 bits per heavy atom. The molecule has 0 aromatic heterocycles. The normalized spacial score (nSPS) is 18.6. The minimum Gasteiger partial charge on any atom is -0.409 e. The van der Waals surface area contributed by atoms with Crippen LogP contribution in [0.2, 0.25) is 0 Å². The summed E-state index contributed by atoms with van der Waals surface area (Å²) < 4.78 is 0. The van der Waals surface area contributed by atoms with Crippen LogP contribution in [0.3, 0.4) is 0 Å². The summed E-state index contributed by atoms with van der Waals surface area (Å²) in [7, 11) is 1.54. The third-order valence-electron chi connectivity index (χ3n) is 3.52. The molecule has 1 unspecified atom stereocenters. The highest BCUT2D eigenvalue weighted by Crippen LogP contribution is 2.24. The van der Waals surface area contributed by atoms with E-state index in [0.717, 1.165) is 12.8 Å². The van der Waals surface area contributed by atoms with E-state index >= 15 is 0 Å². The predicted molar refractivity (Wildman–Crippen MR) is 70.6 cm³/mol. The maximum atomic E-state index is 12.3. The molecule has 7 heteroatoms. The summed E-state index contributed by atoms with van der Waals surface area (Å²) in [6, 6.07) is 0.262. The van der Waals surface area contributed by atoms with Gasteiger partial charge in [0, 0.05) is 13.1 Å².